The summed E-state index contributed by atoms with van der Waals surface area (Å²) in [5, 5.41) is 2.66. The van der Waals surface area contributed by atoms with Crippen LogP contribution in [0.3, 0.4) is 0 Å². The van der Waals surface area contributed by atoms with Gasteiger partial charge in [-0.25, -0.2) is 4.79 Å². The van der Waals surface area contributed by atoms with Gasteiger partial charge in [0.15, 0.2) is 0 Å². The molecule has 2 rings (SSSR count). The SMILES string of the molecule is Cc1cc(NC(N)=O)c(C2CC2)s1. The summed E-state index contributed by atoms with van der Waals surface area (Å²) in [4.78, 5) is 13.2. The molecule has 0 unspecified atom stereocenters. The lowest BCUT2D eigenvalue weighted by molar-refractivity contribution is 0.259. The monoisotopic (exact) mass is 196 g/mol. The number of thiophene rings is 1. The third kappa shape index (κ3) is 1.83. The Morgan fingerprint density at radius 1 is 1.69 bits per heavy atom. The number of nitrogens with one attached hydrogen (secondary N) is 1. The molecule has 1 aromatic heterocycles. The van der Waals surface area contributed by atoms with Crippen molar-refractivity contribution in [2.24, 2.45) is 5.73 Å². The van der Waals surface area contributed by atoms with Crippen LogP contribution in [0.2, 0.25) is 0 Å². The van der Waals surface area contributed by atoms with Gasteiger partial charge in [0.25, 0.3) is 0 Å². The second kappa shape index (κ2) is 3.03. The predicted octanol–water partition coefficient (Wildman–Crippen LogP) is 2.42. The Labute approximate surface area is 80.9 Å². The molecular weight excluding hydrogens is 184 g/mol. The second-order valence-electron chi connectivity index (χ2n) is 3.40. The molecule has 0 bridgehead atoms. The van der Waals surface area contributed by atoms with Crippen LogP contribution in [-0.4, -0.2) is 6.03 Å². The number of carbonyl (C=O) groups excluding carboxylic acids is 1. The molecule has 0 saturated heterocycles. The molecule has 0 atom stereocenters. The van der Waals surface area contributed by atoms with E-state index in [4.69, 9.17) is 5.73 Å². The van der Waals surface area contributed by atoms with Gasteiger partial charge < -0.3 is 11.1 Å². The lowest BCUT2D eigenvalue weighted by Crippen LogP contribution is -2.19. The zero-order chi connectivity index (χ0) is 9.42. The number of hydrogen-bond donors (Lipinski definition) is 2. The van der Waals surface area contributed by atoms with Crippen LogP contribution in [0, 0.1) is 6.92 Å². The van der Waals surface area contributed by atoms with Gasteiger partial charge in [-0.3, -0.25) is 0 Å². The Morgan fingerprint density at radius 2 is 2.38 bits per heavy atom. The average Bonchev–Trinajstić information content (AvgIpc) is 2.77. The van der Waals surface area contributed by atoms with Crippen LogP contribution in [0.25, 0.3) is 0 Å². The summed E-state index contributed by atoms with van der Waals surface area (Å²) in [6, 6.07) is 1.52. The molecule has 1 heterocycles. The highest BCUT2D eigenvalue weighted by atomic mass is 32.1. The summed E-state index contributed by atoms with van der Waals surface area (Å²) in [5.74, 6) is 0.667. The first-order valence-electron chi connectivity index (χ1n) is 4.33. The number of amides is 2. The van der Waals surface area contributed by atoms with Crippen molar-refractivity contribution in [2.75, 3.05) is 5.32 Å². The van der Waals surface area contributed by atoms with E-state index >= 15 is 0 Å². The minimum Gasteiger partial charge on any atom is -0.351 e. The minimum atomic E-state index is -0.472. The Kier molecular flexibility index (Phi) is 2.00. The molecule has 1 aliphatic carbocycles. The molecule has 3 N–H and O–H groups in total. The normalized spacial score (nSPS) is 15.8. The summed E-state index contributed by atoms with van der Waals surface area (Å²) in [6.07, 6.45) is 2.49. The van der Waals surface area contributed by atoms with Gasteiger partial charge in [-0.15, -0.1) is 11.3 Å². The Bertz CT molecular complexity index is 341. The summed E-state index contributed by atoms with van der Waals surface area (Å²) >= 11 is 1.76. The topological polar surface area (TPSA) is 55.1 Å². The van der Waals surface area contributed by atoms with Crippen molar-refractivity contribution in [3.8, 4) is 0 Å². The fraction of sp³-hybridized carbons (Fsp3) is 0.444. The fourth-order valence-electron chi connectivity index (χ4n) is 1.41. The maximum atomic E-state index is 10.7. The third-order valence-electron chi connectivity index (χ3n) is 2.09. The predicted molar refractivity (Wildman–Crippen MR) is 54.2 cm³/mol. The number of primary amides is 1. The van der Waals surface area contributed by atoms with Gasteiger partial charge in [0.1, 0.15) is 0 Å². The van der Waals surface area contributed by atoms with Gasteiger partial charge in [-0.05, 0) is 31.7 Å². The van der Waals surface area contributed by atoms with E-state index in [1.54, 1.807) is 11.3 Å². The van der Waals surface area contributed by atoms with E-state index in [2.05, 4.69) is 5.32 Å². The highest BCUT2D eigenvalue weighted by Gasteiger charge is 2.28. The first-order chi connectivity index (χ1) is 6.16. The van der Waals surface area contributed by atoms with Crippen molar-refractivity contribution < 1.29 is 4.79 Å². The molecule has 4 heteroatoms. The van der Waals surface area contributed by atoms with Gasteiger partial charge in [0.2, 0.25) is 0 Å². The fourth-order valence-corrected chi connectivity index (χ4v) is 2.56. The molecule has 1 aliphatic rings. The summed E-state index contributed by atoms with van der Waals surface area (Å²) < 4.78 is 0. The smallest absolute Gasteiger partial charge is 0.316 e. The van der Waals surface area contributed by atoms with E-state index < -0.39 is 6.03 Å². The number of rotatable bonds is 2. The Morgan fingerprint density at radius 3 is 2.92 bits per heavy atom. The van der Waals surface area contributed by atoms with Crippen LogP contribution in [0.4, 0.5) is 10.5 Å². The lowest BCUT2D eigenvalue weighted by Gasteiger charge is -2.00. The first kappa shape index (κ1) is 8.56. The molecular formula is C9H12N2OS. The number of anilines is 1. The summed E-state index contributed by atoms with van der Waals surface area (Å²) in [6.45, 7) is 2.04. The highest BCUT2D eigenvalue weighted by Crippen LogP contribution is 2.47. The van der Waals surface area contributed by atoms with Crippen LogP contribution in [0.1, 0.15) is 28.5 Å². The first-order valence-corrected chi connectivity index (χ1v) is 5.15. The van der Waals surface area contributed by atoms with Gasteiger partial charge in [0, 0.05) is 9.75 Å². The molecule has 2 amide bonds. The van der Waals surface area contributed by atoms with Crippen LogP contribution in [0.5, 0.6) is 0 Å². The van der Waals surface area contributed by atoms with Crippen LogP contribution in [0.15, 0.2) is 6.07 Å². The van der Waals surface area contributed by atoms with Gasteiger partial charge >= 0.3 is 6.03 Å². The molecule has 70 valence electrons. The van der Waals surface area contributed by atoms with Crippen molar-refractivity contribution in [1.82, 2.24) is 0 Å². The lowest BCUT2D eigenvalue weighted by atomic mass is 10.3. The van der Waals surface area contributed by atoms with Crippen molar-refractivity contribution in [1.29, 1.82) is 0 Å². The summed E-state index contributed by atoms with van der Waals surface area (Å²) in [7, 11) is 0. The van der Waals surface area contributed by atoms with E-state index in [1.807, 2.05) is 13.0 Å². The number of aryl methyl sites for hydroxylation is 1. The molecule has 3 nitrogen and oxygen atoms in total. The van der Waals surface area contributed by atoms with E-state index in [-0.39, 0.29) is 0 Å². The third-order valence-corrected chi connectivity index (χ3v) is 3.30. The van der Waals surface area contributed by atoms with Gasteiger partial charge in [-0.1, -0.05) is 0 Å². The molecule has 13 heavy (non-hydrogen) atoms. The number of nitrogens with two attached hydrogens (primary N) is 1. The minimum absolute atomic E-state index is 0.472. The number of carbonyl (C=O) groups is 1. The van der Waals surface area contributed by atoms with E-state index in [1.165, 1.54) is 22.6 Å². The van der Waals surface area contributed by atoms with E-state index in [0.29, 0.717) is 5.92 Å². The van der Waals surface area contributed by atoms with Gasteiger partial charge in [0.05, 0.1) is 5.69 Å². The molecule has 1 aromatic rings. The van der Waals surface area contributed by atoms with E-state index in [0.717, 1.165) is 5.69 Å². The number of urea groups is 1. The standard InChI is InChI=1S/C9H12N2OS/c1-5-4-7(11-9(10)12)8(13-5)6-2-3-6/h4,6H,2-3H2,1H3,(H3,10,11,12). The average molecular weight is 196 g/mol. The zero-order valence-corrected chi connectivity index (χ0v) is 8.28. The zero-order valence-electron chi connectivity index (χ0n) is 7.46. The van der Waals surface area contributed by atoms with Crippen LogP contribution >= 0.6 is 11.3 Å². The molecule has 0 aliphatic heterocycles. The molecule has 0 radical (unpaired) electrons. The molecule has 1 fully saturated rings. The number of hydrogen-bond acceptors (Lipinski definition) is 2. The second-order valence-corrected chi connectivity index (χ2v) is 4.69. The van der Waals surface area contributed by atoms with Crippen molar-refractivity contribution in [3.05, 3.63) is 15.8 Å². The van der Waals surface area contributed by atoms with Crippen molar-refractivity contribution in [2.45, 2.75) is 25.7 Å². The molecule has 0 spiro atoms. The van der Waals surface area contributed by atoms with Crippen molar-refractivity contribution in [3.63, 3.8) is 0 Å². The molecule has 0 aromatic carbocycles. The summed E-state index contributed by atoms with van der Waals surface area (Å²) in [5.41, 5.74) is 5.99. The maximum Gasteiger partial charge on any atom is 0.316 e. The largest absolute Gasteiger partial charge is 0.351 e. The van der Waals surface area contributed by atoms with Crippen LogP contribution < -0.4 is 11.1 Å². The quantitative estimate of drug-likeness (QED) is 0.749. The Hall–Kier alpha value is -1.03. The highest BCUT2D eigenvalue weighted by molar-refractivity contribution is 7.12. The van der Waals surface area contributed by atoms with E-state index in [9.17, 15) is 4.79 Å². The molecule has 1 saturated carbocycles. The maximum absolute atomic E-state index is 10.7. The van der Waals surface area contributed by atoms with Crippen molar-refractivity contribution >= 4 is 23.1 Å². The van der Waals surface area contributed by atoms with Crippen LogP contribution in [-0.2, 0) is 0 Å². The van der Waals surface area contributed by atoms with Gasteiger partial charge in [-0.2, -0.15) is 0 Å². The Balaban J connectivity index is 2.25.